The monoisotopic (exact) mass is 381 g/mol. The van der Waals surface area contributed by atoms with Gasteiger partial charge in [0.15, 0.2) is 5.76 Å². The highest BCUT2D eigenvalue weighted by molar-refractivity contribution is 6.36. The first kappa shape index (κ1) is 16.7. The Hall–Kier alpha value is -2.14. The number of carbonyl (C=O) groups excluding carboxylic acids is 1. The molecule has 122 valence electrons. The average molecular weight is 383 g/mol. The second-order valence-electron chi connectivity index (χ2n) is 4.90. The molecule has 2 N–H and O–H groups in total. The van der Waals surface area contributed by atoms with Gasteiger partial charge in [-0.15, -0.1) is 0 Å². The molecule has 3 aromatic rings. The number of nitrogens with one attached hydrogen (secondary N) is 1. The van der Waals surface area contributed by atoms with Crippen LogP contribution in [0.15, 0.2) is 52.9 Å². The summed E-state index contributed by atoms with van der Waals surface area (Å²) in [6.07, 6.45) is 0. The number of phenolic OH excluding ortho intramolecular Hbond substituents is 1. The first-order valence-corrected chi connectivity index (χ1v) is 7.92. The molecule has 24 heavy (non-hydrogen) atoms. The van der Waals surface area contributed by atoms with E-state index >= 15 is 0 Å². The van der Waals surface area contributed by atoms with E-state index in [0.29, 0.717) is 26.4 Å². The standard InChI is InChI=1S/C17H10Cl3NO3/c18-9-1-3-11(12(20)7-9)15-5-6-16(24-15)17(23)21-13-8-10(19)2-4-14(13)22/h1-8,22H,(H,21,23). The van der Waals surface area contributed by atoms with Gasteiger partial charge in [-0.1, -0.05) is 34.8 Å². The van der Waals surface area contributed by atoms with Gasteiger partial charge in [0.1, 0.15) is 11.5 Å². The number of rotatable bonds is 3. The van der Waals surface area contributed by atoms with E-state index in [1.165, 1.54) is 24.3 Å². The van der Waals surface area contributed by atoms with Crippen molar-refractivity contribution in [3.63, 3.8) is 0 Å². The van der Waals surface area contributed by atoms with Crippen LogP contribution in [0.2, 0.25) is 15.1 Å². The van der Waals surface area contributed by atoms with E-state index in [1.807, 2.05) is 0 Å². The van der Waals surface area contributed by atoms with Gasteiger partial charge < -0.3 is 14.8 Å². The highest BCUT2D eigenvalue weighted by Crippen LogP contribution is 2.32. The minimum absolute atomic E-state index is 0.0652. The van der Waals surface area contributed by atoms with Crippen LogP contribution in [0.25, 0.3) is 11.3 Å². The van der Waals surface area contributed by atoms with Gasteiger partial charge in [-0.3, -0.25) is 4.79 Å². The maximum Gasteiger partial charge on any atom is 0.291 e. The Morgan fingerprint density at radius 2 is 1.67 bits per heavy atom. The van der Waals surface area contributed by atoms with Crippen LogP contribution in [0.3, 0.4) is 0 Å². The van der Waals surface area contributed by atoms with Gasteiger partial charge in [0.25, 0.3) is 5.91 Å². The van der Waals surface area contributed by atoms with Crippen molar-refractivity contribution in [2.24, 2.45) is 0 Å². The molecule has 0 spiro atoms. The number of furan rings is 1. The smallest absolute Gasteiger partial charge is 0.291 e. The van der Waals surface area contributed by atoms with Crippen molar-refractivity contribution in [1.82, 2.24) is 0 Å². The topological polar surface area (TPSA) is 62.5 Å². The van der Waals surface area contributed by atoms with E-state index in [1.54, 1.807) is 24.3 Å². The third-order valence-corrected chi connectivity index (χ3v) is 4.02. The Bertz CT molecular complexity index is 921. The second kappa shape index (κ2) is 6.77. The van der Waals surface area contributed by atoms with Crippen LogP contribution in [-0.2, 0) is 0 Å². The Balaban J connectivity index is 1.85. The molecule has 0 saturated carbocycles. The van der Waals surface area contributed by atoms with E-state index in [0.717, 1.165) is 0 Å². The van der Waals surface area contributed by atoms with Gasteiger partial charge >= 0.3 is 0 Å². The number of amides is 1. The van der Waals surface area contributed by atoms with Crippen LogP contribution in [0, 0.1) is 0 Å². The van der Waals surface area contributed by atoms with E-state index in [4.69, 9.17) is 39.2 Å². The Morgan fingerprint density at radius 3 is 2.42 bits per heavy atom. The number of hydrogen-bond donors (Lipinski definition) is 2. The van der Waals surface area contributed by atoms with Gasteiger partial charge in [-0.25, -0.2) is 0 Å². The molecule has 2 aromatic carbocycles. The van der Waals surface area contributed by atoms with Crippen LogP contribution < -0.4 is 5.32 Å². The number of benzene rings is 2. The third-order valence-electron chi connectivity index (χ3n) is 3.23. The molecule has 7 heteroatoms. The molecule has 0 unspecified atom stereocenters. The number of anilines is 1. The summed E-state index contributed by atoms with van der Waals surface area (Å²) in [6.45, 7) is 0. The molecule has 0 bridgehead atoms. The van der Waals surface area contributed by atoms with Crippen molar-refractivity contribution in [2.75, 3.05) is 5.32 Å². The first-order chi connectivity index (χ1) is 11.4. The molecule has 0 saturated heterocycles. The zero-order valence-electron chi connectivity index (χ0n) is 12.0. The minimum Gasteiger partial charge on any atom is -0.506 e. The largest absolute Gasteiger partial charge is 0.506 e. The predicted octanol–water partition coefficient (Wildman–Crippen LogP) is 5.86. The molecule has 0 radical (unpaired) electrons. The number of carbonyl (C=O) groups is 1. The van der Waals surface area contributed by atoms with E-state index in [-0.39, 0.29) is 17.2 Å². The van der Waals surface area contributed by atoms with Crippen LogP contribution in [0.5, 0.6) is 5.75 Å². The molecule has 1 amide bonds. The lowest BCUT2D eigenvalue weighted by molar-refractivity contribution is 0.0997. The summed E-state index contributed by atoms with van der Waals surface area (Å²) in [6, 6.07) is 12.4. The fourth-order valence-corrected chi connectivity index (χ4v) is 2.76. The maximum absolute atomic E-state index is 12.2. The van der Waals surface area contributed by atoms with Crippen LogP contribution >= 0.6 is 34.8 Å². The molecule has 0 fully saturated rings. The predicted molar refractivity (Wildman–Crippen MR) is 95.2 cm³/mol. The number of halogens is 3. The lowest BCUT2D eigenvalue weighted by Gasteiger charge is -2.06. The summed E-state index contributed by atoms with van der Waals surface area (Å²) in [5.41, 5.74) is 0.806. The van der Waals surface area contributed by atoms with Crippen LogP contribution in [0.4, 0.5) is 5.69 Å². The van der Waals surface area contributed by atoms with Crippen molar-refractivity contribution in [1.29, 1.82) is 0 Å². The van der Waals surface area contributed by atoms with Crippen molar-refractivity contribution < 1.29 is 14.3 Å². The molecule has 0 aliphatic carbocycles. The van der Waals surface area contributed by atoms with Gasteiger partial charge in [0, 0.05) is 15.6 Å². The molecule has 4 nitrogen and oxygen atoms in total. The van der Waals surface area contributed by atoms with Crippen LogP contribution in [-0.4, -0.2) is 11.0 Å². The van der Waals surface area contributed by atoms with Gasteiger partial charge in [0.2, 0.25) is 0 Å². The average Bonchev–Trinajstić information content (AvgIpc) is 3.00. The summed E-state index contributed by atoms with van der Waals surface area (Å²) in [5, 5.41) is 13.6. The van der Waals surface area contributed by atoms with Crippen molar-refractivity contribution in [3.05, 3.63) is 69.4 Å². The molecule has 0 aliphatic heterocycles. The highest BCUT2D eigenvalue weighted by Gasteiger charge is 2.15. The molecule has 1 aromatic heterocycles. The zero-order valence-corrected chi connectivity index (χ0v) is 14.3. The van der Waals surface area contributed by atoms with Gasteiger partial charge in [0.05, 0.1) is 10.7 Å². The molecule has 0 aliphatic rings. The van der Waals surface area contributed by atoms with Crippen LogP contribution in [0.1, 0.15) is 10.6 Å². The number of hydrogen-bond acceptors (Lipinski definition) is 3. The summed E-state index contributed by atoms with van der Waals surface area (Å²) in [4.78, 5) is 12.2. The minimum atomic E-state index is -0.524. The molecular weight excluding hydrogens is 373 g/mol. The van der Waals surface area contributed by atoms with E-state index in [2.05, 4.69) is 5.32 Å². The summed E-state index contributed by atoms with van der Waals surface area (Å²) in [7, 11) is 0. The Kier molecular flexibility index (Phi) is 4.71. The molecule has 0 atom stereocenters. The second-order valence-corrected chi connectivity index (χ2v) is 6.18. The number of phenols is 1. The fourth-order valence-electron chi connectivity index (χ4n) is 2.09. The Labute approximate surface area is 152 Å². The molecule has 1 heterocycles. The lowest BCUT2D eigenvalue weighted by Crippen LogP contribution is -2.10. The van der Waals surface area contributed by atoms with E-state index in [9.17, 15) is 9.90 Å². The van der Waals surface area contributed by atoms with Gasteiger partial charge in [-0.2, -0.15) is 0 Å². The first-order valence-electron chi connectivity index (χ1n) is 6.79. The zero-order chi connectivity index (χ0) is 17.3. The molecular formula is C17H10Cl3NO3. The SMILES string of the molecule is O=C(Nc1cc(Cl)ccc1O)c1ccc(-c2ccc(Cl)cc2Cl)o1. The van der Waals surface area contributed by atoms with E-state index < -0.39 is 5.91 Å². The fraction of sp³-hybridized carbons (Fsp3) is 0. The van der Waals surface area contributed by atoms with Crippen molar-refractivity contribution in [2.45, 2.75) is 0 Å². The quantitative estimate of drug-likeness (QED) is 0.557. The maximum atomic E-state index is 12.2. The normalized spacial score (nSPS) is 10.6. The molecule has 3 rings (SSSR count). The number of aromatic hydroxyl groups is 1. The highest BCUT2D eigenvalue weighted by atomic mass is 35.5. The summed E-state index contributed by atoms with van der Waals surface area (Å²) < 4.78 is 5.54. The Morgan fingerprint density at radius 1 is 0.958 bits per heavy atom. The summed E-state index contributed by atoms with van der Waals surface area (Å²) in [5.74, 6) is -0.128. The lowest BCUT2D eigenvalue weighted by atomic mass is 10.2. The van der Waals surface area contributed by atoms with Crippen molar-refractivity contribution >= 4 is 46.4 Å². The van der Waals surface area contributed by atoms with Gasteiger partial charge in [-0.05, 0) is 48.5 Å². The van der Waals surface area contributed by atoms with Crippen molar-refractivity contribution in [3.8, 4) is 17.1 Å². The third kappa shape index (κ3) is 3.51. The summed E-state index contributed by atoms with van der Waals surface area (Å²) >= 11 is 17.8.